The number of hydrogen-bond donors (Lipinski definition) is 0. The molecule has 2 aromatic rings. The molecule has 0 radical (unpaired) electrons. The Bertz CT molecular complexity index is 877. The molecule has 2 fully saturated rings. The molecule has 4 rings (SSSR count). The minimum absolute atomic E-state index is 0.241. The van der Waals surface area contributed by atoms with Crippen LogP contribution in [0, 0.1) is 12.8 Å². The molecular weight excluding hydrogens is 388 g/mol. The number of methoxy groups -OCH3 is 1. The van der Waals surface area contributed by atoms with Crippen LogP contribution in [0.15, 0.2) is 40.8 Å². The summed E-state index contributed by atoms with van der Waals surface area (Å²) >= 11 is 0. The number of piperidine rings is 2. The van der Waals surface area contributed by atoms with Crippen molar-refractivity contribution in [3.05, 3.63) is 53.5 Å². The van der Waals surface area contributed by atoms with Crippen LogP contribution >= 0.6 is 0 Å². The first-order chi connectivity index (χ1) is 15.0. The number of hydrogen-bond acceptors (Lipinski definition) is 4. The molecule has 0 N–H and O–H groups in total. The number of aryl methyl sites for hydroxylation is 1. The lowest BCUT2D eigenvalue weighted by atomic mass is 9.83. The third-order valence-corrected chi connectivity index (χ3v) is 7.12. The van der Waals surface area contributed by atoms with Crippen LogP contribution in [0.1, 0.15) is 55.6 Å². The fourth-order valence-electron chi connectivity index (χ4n) is 5.30. The number of furan rings is 1. The van der Waals surface area contributed by atoms with E-state index in [9.17, 15) is 4.79 Å². The molecule has 1 aromatic heterocycles. The summed E-state index contributed by atoms with van der Waals surface area (Å²) in [6.45, 7) is 8.33. The van der Waals surface area contributed by atoms with Crippen LogP contribution in [0.3, 0.4) is 0 Å². The van der Waals surface area contributed by atoms with Crippen molar-refractivity contribution in [2.24, 2.45) is 5.92 Å². The molecule has 2 saturated heterocycles. The van der Waals surface area contributed by atoms with E-state index in [-0.39, 0.29) is 5.91 Å². The van der Waals surface area contributed by atoms with Crippen LogP contribution in [0.4, 0.5) is 0 Å². The highest BCUT2D eigenvalue weighted by Crippen LogP contribution is 2.32. The molecule has 2 aliphatic heterocycles. The zero-order chi connectivity index (χ0) is 21.8. The van der Waals surface area contributed by atoms with Gasteiger partial charge in [0.05, 0.1) is 13.5 Å². The van der Waals surface area contributed by atoms with E-state index in [1.807, 2.05) is 31.2 Å². The highest BCUT2D eigenvalue weighted by molar-refractivity contribution is 5.79. The van der Waals surface area contributed by atoms with Gasteiger partial charge in [0.2, 0.25) is 5.91 Å². The number of nitrogens with zero attached hydrogens (tertiary/aromatic N) is 2. The second-order valence-electron chi connectivity index (χ2n) is 9.30. The van der Waals surface area contributed by atoms with Gasteiger partial charge in [-0.3, -0.25) is 9.69 Å². The second kappa shape index (κ2) is 9.90. The predicted molar refractivity (Wildman–Crippen MR) is 122 cm³/mol. The summed E-state index contributed by atoms with van der Waals surface area (Å²) in [6, 6.07) is 12.6. The van der Waals surface area contributed by atoms with Crippen LogP contribution in [0.25, 0.3) is 0 Å². The average Bonchev–Trinajstić information content (AvgIpc) is 3.23. The first kappa shape index (κ1) is 21.9. The lowest BCUT2D eigenvalue weighted by molar-refractivity contribution is -0.134. The SMILES string of the molecule is COc1cccc(CC(=O)N2CC[C@@H]3[C@H](CCCN3CCC(C)c3ccc(C)o3)C2)c1. The van der Waals surface area contributed by atoms with Crippen LogP contribution in [0.2, 0.25) is 0 Å². The Morgan fingerprint density at radius 1 is 1.23 bits per heavy atom. The average molecular weight is 425 g/mol. The van der Waals surface area contributed by atoms with E-state index in [0.29, 0.717) is 24.3 Å². The zero-order valence-electron chi connectivity index (χ0n) is 19.2. The van der Waals surface area contributed by atoms with Gasteiger partial charge in [-0.25, -0.2) is 0 Å². The minimum Gasteiger partial charge on any atom is -0.497 e. The second-order valence-corrected chi connectivity index (χ2v) is 9.30. The van der Waals surface area contributed by atoms with Gasteiger partial charge in [0.15, 0.2) is 0 Å². The predicted octanol–water partition coefficient (Wildman–Crippen LogP) is 4.65. The quantitative estimate of drug-likeness (QED) is 0.649. The third-order valence-electron chi connectivity index (χ3n) is 7.12. The number of benzene rings is 1. The Labute approximate surface area is 186 Å². The Morgan fingerprint density at radius 3 is 2.87 bits per heavy atom. The first-order valence-electron chi connectivity index (χ1n) is 11.7. The molecule has 5 nitrogen and oxygen atoms in total. The Balaban J connectivity index is 1.30. The number of fused-ring (bicyclic) bond motifs is 1. The van der Waals surface area contributed by atoms with Gasteiger partial charge in [-0.15, -0.1) is 0 Å². The van der Waals surface area contributed by atoms with Gasteiger partial charge >= 0.3 is 0 Å². The smallest absolute Gasteiger partial charge is 0.227 e. The molecule has 0 saturated carbocycles. The van der Waals surface area contributed by atoms with Gasteiger partial charge in [0, 0.05) is 25.0 Å². The van der Waals surface area contributed by atoms with E-state index < -0.39 is 0 Å². The van der Waals surface area contributed by atoms with E-state index in [0.717, 1.165) is 55.3 Å². The number of rotatable bonds is 7. The first-order valence-corrected chi connectivity index (χ1v) is 11.7. The van der Waals surface area contributed by atoms with Crippen LogP contribution in [-0.4, -0.2) is 55.0 Å². The van der Waals surface area contributed by atoms with Crippen LogP contribution in [-0.2, 0) is 11.2 Å². The Hall–Kier alpha value is -2.27. The molecule has 1 amide bonds. The van der Waals surface area contributed by atoms with Gasteiger partial charge in [0.25, 0.3) is 0 Å². The molecule has 0 bridgehead atoms. The summed E-state index contributed by atoms with van der Waals surface area (Å²) in [5.41, 5.74) is 1.03. The highest BCUT2D eigenvalue weighted by atomic mass is 16.5. The fraction of sp³-hybridized carbons (Fsp3) is 0.577. The summed E-state index contributed by atoms with van der Waals surface area (Å²) in [7, 11) is 1.66. The van der Waals surface area contributed by atoms with E-state index in [2.05, 4.69) is 28.9 Å². The molecule has 31 heavy (non-hydrogen) atoms. The largest absolute Gasteiger partial charge is 0.497 e. The standard InChI is InChI=1S/C26H36N2O3/c1-19(25-10-9-20(2)31-25)11-14-27-13-5-7-22-18-28(15-12-24(22)27)26(29)17-21-6-4-8-23(16-21)30-3/h4,6,8-10,16,19,22,24H,5,7,11-15,17-18H2,1-3H3/t19?,22-,24-/m1/s1. The normalized spacial score (nSPS) is 22.7. The van der Waals surface area contributed by atoms with Gasteiger partial charge in [-0.05, 0) is 81.4 Å². The molecule has 3 atom stereocenters. The van der Waals surface area contributed by atoms with Crippen molar-refractivity contribution >= 4 is 5.91 Å². The molecule has 168 valence electrons. The molecule has 0 aliphatic carbocycles. The number of likely N-dealkylation sites (tertiary alicyclic amines) is 2. The van der Waals surface area contributed by atoms with Crippen molar-refractivity contribution < 1.29 is 13.9 Å². The molecular formula is C26H36N2O3. The van der Waals surface area contributed by atoms with Crippen molar-refractivity contribution in [2.75, 3.05) is 33.3 Å². The van der Waals surface area contributed by atoms with E-state index in [4.69, 9.17) is 9.15 Å². The molecule has 1 unspecified atom stereocenters. The number of amides is 1. The maximum Gasteiger partial charge on any atom is 0.227 e. The van der Waals surface area contributed by atoms with Crippen LogP contribution < -0.4 is 4.74 Å². The molecule has 0 spiro atoms. The molecule has 5 heteroatoms. The van der Waals surface area contributed by atoms with Gasteiger partial charge < -0.3 is 14.1 Å². The summed E-state index contributed by atoms with van der Waals surface area (Å²) in [6.07, 6.45) is 5.13. The van der Waals surface area contributed by atoms with E-state index in [1.54, 1.807) is 7.11 Å². The van der Waals surface area contributed by atoms with Gasteiger partial charge in [-0.1, -0.05) is 19.1 Å². The van der Waals surface area contributed by atoms with Crippen molar-refractivity contribution in [2.45, 2.75) is 57.9 Å². The summed E-state index contributed by atoms with van der Waals surface area (Å²) in [5.74, 6) is 4.18. The Morgan fingerprint density at radius 2 is 2.10 bits per heavy atom. The third kappa shape index (κ3) is 5.32. The van der Waals surface area contributed by atoms with E-state index in [1.165, 1.54) is 19.4 Å². The summed E-state index contributed by atoms with van der Waals surface area (Å²) in [5, 5.41) is 0. The summed E-state index contributed by atoms with van der Waals surface area (Å²) < 4.78 is 11.1. The zero-order valence-corrected chi connectivity index (χ0v) is 19.2. The minimum atomic E-state index is 0.241. The van der Waals surface area contributed by atoms with Crippen molar-refractivity contribution in [1.29, 1.82) is 0 Å². The van der Waals surface area contributed by atoms with E-state index >= 15 is 0 Å². The maximum absolute atomic E-state index is 13.0. The van der Waals surface area contributed by atoms with Gasteiger partial charge in [-0.2, -0.15) is 0 Å². The Kier molecular flexibility index (Phi) is 7.01. The monoisotopic (exact) mass is 424 g/mol. The highest BCUT2D eigenvalue weighted by Gasteiger charge is 2.37. The lowest BCUT2D eigenvalue weighted by Gasteiger charge is -2.47. The summed E-state index contributed by atoms with van der Waals surface area (Å²) in [4.78, 5) is 17.7. The lowest BCUT2D eigenvalue weighted by Crippen LogP contribution is -2.55. The van der Waals surface area contributed by atoms with Gasteiger partial charge in [0.1, 0.15) is 17.3 Å². The topological polar surface area (TPSA) is 45.9 Å². The number of carbonyl (C=O) groups is 1. The van der Waals surface area contributed by atoms with Crippen LogP contribution in [0.5, 0.6) is 5.75 Å². The van der Waals surface area contributed by atoms with Crippen molar-refractivity contribution in [3.63, 3.8) is 0 Å². The fourth-order valence-corrected chi connectivity index (χ4v) is 5.30. The number of carbonyl (C=O) groups excluding carboxylic acids is 1. The molecule has 2 aliphatic rings. The van der Waals surface area contributed by atoms with Crippen molar-refractivity contribution in [1.82, 2.24) is 9.80 Å². The van der Waals surface area contributed by atoms with Crippen molar-refractivity contribution in [3.8, 4) is 5.75 Å². The molecule has 1 aromatic carbocycles. The number of ether oxygens (including phenoxy) is 1. The maximum atomic E-state index is 13.0. The molecule has 3 heterocycles.